The summed E-state index contributed by atoms with van der Waals surface area (Å²) < 4.78 is 0. The zero-order valence-electron chi connectivity index (χ0n) is 15.8. The minimum atomic E-state index is -0.370. The molecule has 0 aliphatic heterocycles. The summed E-state index contributed by atoms with van der Waals surface area (Å²) in [6.07, 6.45) is 3.75. The molecule has 0 amide bonds. The summed E-state index contributed by atoms with van der Waals surface area (Å²) in [5.74, 6) is 1.06. The van der Waals surface area contributed by atoms with Crippen LogP contribution in [0.2, 0.25) is 0 Å². The van der Waals surface area contributed by atoms with Gasteiger partial charge in [-0.3, -0.25) is 0 Å². The van der Waals surface area contributed by atoms with Gasteiger partial charge in [0.15, 0.2) is 0 Å². The van der Waals surface area contributed by atoms with Crippen molar-refractivity contribution in [1.29, 1.82) is 0 Å². The third-order valence-corrected chi connectivity index (χ3v) is 6.60. The highest BCUT2D eigenvalue weighted by Gasteiger charge is 2.18. The molecular formula is C22H32NP. The first-order valence-electron chi connectivity index (χ1n) is 9.26. The molecule has 0 spiro atoms. The van der Waals surface area contributed by atoms with Crippen LogP contribution in [0.15, 0.2) is 48.5 Å². The summed E-state index contributed by atoms with van der Waals surface area (Å²) >= 11 is 0. The van der Waals surface area contributed by atoms with Gasteiger partial charge in [0.05, 0.1) is 0 Å². The molecule has 2 rings (SSSR count). The maximum atomic E-state index is 3.99. The van der Waals surface area contributed by atoms with Crippen LogP contribution in [0.4, 0.5) is 5.69 Å². The normalized spacial score (nSPS) is 12.6. The largest absolute Gasteiger partial charge is 0.360 e. The smallest absolute Gasteiger partial charge is 0.0445 e. The standard InChI is InChI=1S/C22H32NP/c1-6-7-16-24(19-12-9-8-10-13-19)23-22-20(17(2)3)14-11-15-21(22)18(4)5/h8-15,17-18,23H,6-7,16H2,1-5H3. The van der Waals surface area contributed by atoms with Crippen LogP contribution in [-0.2, 0) is 0 Å². The van der Waals surface area contributed by atoms with Gasteiger partial charge in [-0.15, -0.1) is 0 Å². The Kier molecular flexibility index (Phi) is 7.31. The van der Waals surface area contributed by atoms with E-state index in [0.29, 0.717) is 11.8 Å². The van der Waals surface area contributed by atoms with Crippen LogP contribution >= 0.6 is 8.07 Å². The van der Waals surface area contributed by atoms with Crippen LogP contribution in [0.5, 0.6) is 0 Å². The maximum absolute atomic E-state index is 3.99. The molecule has 0 aliphatic rings. The molecule has 1 nitrogen and oxygen atoms in total. The first-order valence-corrected chi connectivity index (χ1v) is 10.8. The van der Waals surface area contributed by atoms with E-state index in [2.05, 4.69) is 88.2 Å². The third-order valence-electron chi connectivity index (χ3n) is 4.42. The van der Waals surface area contributed by atoms with Gasteiger partial charge in [0.1, 0.15) is 0 Å². The Hall–Kier alpha value is -1.33. The van der Waals surface area contributed by atoms with Crippen molar-refractivity contribution in [1.82, 2.24) is 0 Å². The zero-order valence-corrected chi connectivity index (χ0v) is 16.7. The minimum Gasteiger partial charge on any atom is -0.360 e. The van der Waals surface area contributed by atoms with E-state index < -0.39 is 0 Å². The molecular weight excluding hydrogens is 309 g/mol. The van der Waals surface area contributed by atoms with Crippen LogP contribution in [0.3, 0.4) is 0 Å². The number of unbranched alkanes of at least 4 members (excludes halogenated alkanes) is 1. The Morgan fingerprint density at radius 3 is 1.92 bits per heavy atom. The van der Waals surface area contributed by atoms with Gasteiger partial charge in [-0.1, -0.05) is 89.6 Å². The molecule has 0 saturated carbocycles. The summed E-state index contributed by atoms with van der Waals surface area (Å²) in [5.41, 5.74) is 4.27. The molecule has 0 fully saturated rings. The highest BCUT2D eigenvalue weighted by Crippen LogP contribution is 2.42. The molecule has 2 heteroatoms. The lowest BCUT2D eigenvalue weighted by molar-refractivity contribution is 0.839. The van der Waals surface area contributed by atoms with Gasteiger partial charge >= 0.3 is 0 Å². The Balaban J connectivity index is 2.41. The lowest BCUT2D eigenvalue weighted by atomic mass is 9.93. The molecule has 1 unspecified atom stereocenters. The second-order valence-corrected chi connectivity index (χ2v) is 9.12. The number of rotatable bonds is 8. The quantitative estimate of drug-likeness (QED) is 0.517. The fraction of sp³-hybridized carbons (Fsp3) is 0.455. The van der Waals surface area contributed by atoms with Crippen LogP contribution in [0.1, 0.15) is 70.4 Å². The fourth-order valence-electron chi connectivity index (χ4n) is 2.99. The number of para-hydroxylation sites is 1. The van der Waals surface area contributed by atoms with E-state index in [4.69, 9.17) is 0 Å². The van der Waals surface area contributed by atoms with Crippen LogP contribution in [0.25, 0.3) is 0 Å². The molecule has 1 N–H and O–H groups in total. The zero-order chi connectivity index (χ0) is 17.5. The average Bonchev–Trinajstić information content (AvgIpc) is 2.58. The monoisotopic (exact) mass is 341 g/mol. The molecule has 2 aromatic rings. The third kappa shape index (κ3) is 4.84. The van der Waals surface area contributed by atoms with E-state index >= 15 is 0 Å². The minimum absolute atomic E-state index is 0.370. The molecule has 130 valence electrons. The summed E-state index contributed by atoms with van der Waals surface area (Å²) in [6, 6.07) is 17.8. The number of benzene rings is 2. The molecule has 1 atom stereocenters. The molecule has 0 saturated heterocycles. The van der Waals surface area contributed by atoms with Crippen LogP contribution in [0, 0.1) is 0 Å². The van der Waals surface area contributed by atoms with Crippen molar-refractivity contribution in [3.8, 4) is 0 Å². The summed E-state index contributed by atoms with van der Waals surface area (Å²) in [6.45, 7) is 11.5. The number of hydrogen-bond donors (Lipinski definition) is 1. The van der Waals surface area contributed by atoms with Gasteiger partial charge in [0.2, 0.25) is 0 Å². The Morgan fingerprint density at radius 2 is 1.42 bits per heavy atom. The SMILES string of the molecule is CCCCP(Nc1c(C(C)C)cccc1C(C)C)c1ccccc1. The highest BCUT2D eigenvalue weighted by atomic mass is 31.1. The maximum Gasteiger partial charge on any atom is 0.0445 e. The number of hydrogen-bond acceptors (Lipinski definition) is 1. The molecule has 0 aliphatic carbocycles. The van der Waals surface area contributed by atoms with Gasteiger partial charge in [-0.05, 0) is 40.8 Å². The van der Waals surface area contributed by atoms with Crippen molar-refractivity contribution in [3.05, 3.63) is 59.7 Å². The van der Waals surface area contributed by atoms with Gasteiger partial charge in [0, 0.05) is 13.8 Å². The lowest BCUT2D eigenvalue weighted by Gasteiger charge is -2.26. The Labute approximate surface area is 149 Å². The van der Waals surface area contributed by atoms with E-state index in [9.17, 15) is 0 Å². The first-order chi connectivity index (χ1) is 11.5. The van der Waals surface area contributed by atoms with Gasteiger partial charge in [-0.2, -0.15) is 0 Å². The number of anilines is 1. The summed E-state index contributed by atoms with van der Waals surface area (Å²) in [4.78, 5) is 0. The van der Waals surface area contributed by atoms with Crippen molar-refractivity contribution in [3.63, 3.8) is 0 Å². The lowest BCUT2D eigenvalue weighted by Crippen LogP contribution is -2.13. The fourth-order valence-corrected chi connectivity index (χ4v) is 5.18. The number of nitrogens with one attached hydrogen (secondary N) is 1. The van der Waals surface area contributed by atoms with E-state index in [-0.39, 0.29) is 8.07 Å². The van der Waals surface area contributed by atoms with Crippen molar-refractivity contribution < 1.29 is 0 Å². The molecule has 0 bridgehead atoms. The van der Waals surface area contributed by atoms with Crippen LogP contribution in [-0.4, -0.2) is 6.16 Å². The van der Waals surface area contributed by atoms with E-state index in [0.717, 1.165) is 0 Å². The van der Waals surface area contributed by atoms with Crippen molar-refractivity contribution >= 4 is 19.1 Å². The van der Waals surface area contributed by atoms with Crippen molar-refractivity contribution in [2.75, 3.05) is 11.2 Å². The topological polar surface area (TPSA) is 12.0 Å². The van der Waals surface area contributed by atoms with Gasteiger partial charge in [-0.25, -0.2) is 0 Å². The molecule has 0 heterocycles. The summed E-state index contributed by atoms with van der Waals surface area (Å²) in [7, 11) is -0.370. The second-order valence-electron chi connectivity index (χ2n) is 7.07. The highest BCUT2D eigenvalue weighted by molar-refractivity contribution is 7.67. The predicted octanol–water partition coefficient (Wildman–Crippen LogP) is 6.87. The second kappa shape index (κ2) is 9.23. The van der Waals surface area contributed by atoms with E-state index in [1.165, 1.54) is 41.1 Å². The van der Waals surface area contributed by atoms with E-state index in [1.807, 2.05) is 0 Å². The van der Waals surface area contributed by atoms with Gasteiger partial charge in [0.25, 0.3) is 0 Å². The van der Waals surface area contributed by atoms with Crippen LogP contribution < -0.4 is 10.4 Å². The molecule has 24 heavy (non-hydrogen) atoms. The van der Waals surface area contributed by atoms with Crippen molar-refractivity contribution in [2.24, 2.45) is 0 Å². The summed E-state index contributed by atoms with van der Waals surface area (Å²) in [5, 5.41) is 5.45. The first kappa shape index (κ1) is 19.0. The molecule has 0 radical (unpaired) electrons. The predicted molar refractivity (Wildman–Crippen MR) is 111 cm³/mol. The molecule has 0 aromatic heterocycles. The Morgan fingerprint density at radius 1 is 0.833 bits per heavy atom. The van der Waals surface area contributed by atoms with E-state index in [1.54, 1.807) is 0 Å². The molecule has 2 aromatic carbocycles. The Bertz CT molecular complexity index is 593. The van der Waals surface area contributed by atoms with Gasteiger partial charge < -0.3 is 5.09 Å². The average molecular weight is 341 g/mol. The van der Waals surface area contributed by atoms with Crippen molar-refractivity contribution in [2.45, 2.75) is 59.3 Å².